The lowest BCUT2D eigenvalue weighted by Gasteiger charge is -2.10. The van der Waals surface area contributed by atoms with Crippen LogP contribution in [0.15, 0.2) is 54.2 Å². The van der Waals surface area contributed by atoms with E-state index < -0.39 is 0 Å². The molecule has 0 aliphatic rings. The fourth-order valence-corrected chi connectivity index (χ4v) is 3.49. The molecule has 0 saturated heterocycles. The highest BCUT2D eigenvalue weighted by molar-refractivity contribution is 7.99. The van der Waals surface area contributed by atoms with Gasteiger partial charge in [0.2, 0.25) is 5.91 Å². The van der Waals surface area contributed by atoms with Crippen LogP contribution in [0.25, 0.3) is 22.2 Å². The number of nitrogens with one attached hydrogen (secondary N) is 1. The van der Waals surface area contributed by atoms with Gasteiger partial charge in [-0.05, 0) is 29.8 Å². The molecule has 0 fully saturated rings. The Morgan fingerprint density at radius 1 is 1.31 bits per heavy atom. The summed E-state index contributed by atoms with van der Waals surface area (Å²) in [5.41, 5.74) is 0.626. The summed E-state index contributed by atoms with van der Waals surface area (Å²) in [6.45, 7) is 6.62. The van der Waals surface area contributed by atoms with Gasteiger partial charge in [-0.2, -0.15) is 0 Å². The van der Waals surface area contributed by atoms with E-state index in [4.69, 9.17) is 0 Å². The smallest absolute Gasteiger partial charge is 0.230 e. The number of hydrogen-bond donors (Lipinski definition) is 2. The molecule has 0 radical (unpaired) electrons. The Balaban J connectivity index is 1.89. The number of amides is 1. The van der Waals surface area contributed by atoms with Crippen LogP contribution in [0.1, 0.15) is 6.92 Å². The van der Waals surface area contributed by atoms with Crippen molar-refractivity contribution in [2.24, 2.45) is 0 Å². The van der Waals surface area contributed by atoms with Gasteiger partial charge in [0.05, 0.1) is 11.3 Å². The van der Waals surface area contributed by atoms with Crippen molar-refractivity contribution in [2.45, 2.75) is 18.6 Å². The van der Waals surface area contributed by atoms with Crippen LogP contribution in [0.2, 0.25) is 0 Å². The molecule has 0 saturated carbocycles. The Labute approximate surface area is 155 Å². The summed E-state index contributed by atoms with van der Waals surface area (Å²) < 4.78 is 1.90. The molecule has 3 rings (SSSR count). The summed E-state index contributed by atoms with van der Waals surface area (Å²) in [7, 11) is 0. The zero-order chi connectivity index (χ0) is 18.5. The third-order valence-electron chi connectivity index (χ3n) is 3.91. The van der Waals surface area contributed by atoms with Crippen LogP contribution in [-0.2, 0) is 11.3 Å². The third kappa shape index (κ3) is 3.72. The van der Waals surface area contributed by atoms with Crippen LogP contribution < -0.4 is 5.32 Å². The molecule has 134 valence electrons. The summed E-state index contributed by atoms with van der Waals surface area (Å²) in [4.78, 5) is 11.8. The highest BCUT2D eigenvalue weighted by Gasteiger charge is 2.17. The van der Waals surface area contributed by atoms with Gasteiger partial charge in [0.15, 0.2) is 11.0 Å². The number of phenolic OH excluding ortho intramolecular Hbond substituents is 1. The van der Waals surface area contributed by atoms with E-state index in [1.807, 2.05) is 41.8 Å². The normalized spacial score (nSPS) is 10.8. The van der Waals surface area contributed by atoms with Crippen molar-refractivity contribution >= 4 is 28.4 Å². The Hall–Kier alpha value is -2.80. The lowest BCUT2D eigenvalue weighted by molar-refractivity contribution is -0.118. The zero-order valence-electron chi connectivity index (χ0n) is 14.5. The summed E-state index contributed by atoms with van der Waals surface area (Å²) >= 11 is 1.32. The van der Waals surface area contributed by atoms with Crippen molar-refractivity contribution in [3.8, 4) is 17.1 Å². The molecule has 0 unspecified atom stereocenters. The predicted molar refractivity (Wildman–Crippen MR) is 104 cm³/mol. The van der Waals surface area contributed by atoms with Crippen LogP contribution >= 0.6 is 11.8 Å². The largest absolute Gasteiger partial charge is 0.507 e. The Bertz CT molecular complexity index is 952. The number of aromatic nitrogens is 3. The molecule has 2 aromatic carbocycles. The first kappa shape index (κ1) is 18.0. The first-order valence-electron chi connectivity index (χ1n) is 8.29. The maximum absolute atomic E-state index is 11.8. The van der Waals surface area contributed by atoms with Gasteiger partial charge in [0.1, 0.15) is 5.75 Å². The molecule has 7 heteroatoms. The van der Waals surface area contributed by atoms with E-state index in [9.17, 15) is 9.90 Å². The molecule has 0 atom stereocenters. The maximum Gasteiger partial charge on any atom is 0.230 e. The minimum Gasteiger partial charge on any atom is -0.507 e. The number of hydrogen-bond acceptors (Lipinski definition) is 5. The number of thioether (sulfide) groups is 1. The SMILES string of the molecule is C=CCNC(=O)CSc1nnc(-c2cc3ccccc3cc2O)n1CC. The van der Waals surface area contributed by atoms with E-state index in [1.165, 1.54) is 11.8 Å². The molecule has 0 spiro atoms. The van der Waals surface area contributed by atoms with Crippen molar-refractivity contribution in [1.29, 1.82) is 0 Å². The van der Waals surface area contributed by atoms with Crippen molar-refractivity contribution < 1.29 is 9.90 Å². The van der Waals surface area contributed by atoms with E-state index >= 15 is 0 Å². The Morgan fingerprint density at radius 2 is 2.04 bits per heavy atom. The number of benzene rings is 2. The topological polar surface area (TPSA) is 80.0 Å². The van der Waals surface area contributed by atoms with Gasteiger partial charge in [0, 0.05) is 13.1 Å². The van der Waals surface area contributed by atoms with Gasteiger partial charge >= 0.3 is 0 Å². The van der Waals surface area contributed by atoms with E-state index in [-0.39, 0.29) is 17.4 Å². The molecule has 1 aromatic heterocycles. The highest BCUT2D eigenvalue weighted by atomic mass is 32.2. The van der Waals surface area contributed by atoms with E-state index in [1.54, 1.807) is 12.1 Å². The van der Waals surface area contributed by atoms with Crippen LogP contribution in [0.4, 0.5) is 0 Å². The van der Waals surface area contributed by atoms with Crippen molar-refractivity contribution in [3.63, 3.8) is 0 Å². The number of aromatic hydroxyl groups is 1. The molecule has 2 N–H and O–H groups in total. The lowest BCUT2D eigenvalue weighted by atomic mass is 10.1. The molecule has 0 aliphatic carbocycles. The molecule has 1 amide bonds. The van der Waals surface area contributed by atoms with Gasteiger partial charge in [-0.25, -0.2) is 0 Å². The molecular formula is C19H20N4O2S. The molecule has 0 aliphatic heterocycles. The monoisotopic (exact) mass is 368 g/mol. The summed E-state index contributed by atoms with van der Waals surface area (Å²) in [6, 6.07) is 11.5. The first-order valence-corrected chi connectivity index (χ1v) is 9.28. The summed E-state index contributed by atoms with van der Waals surface area (Å²) in [5.74, 6) is 0.904. The first-order chi connectivity index (χ1) is 12.6. The van der Waals surface area contributed by atoms with Crippen LogP contribution in [-0.4, -0.2) is 38.1 Å². The summed E-state index contributed by atoms with van der Waals surface area (Å²) in [6.07, 6.45) is 1.64. The standard InChI is InChI=1S/C19H20N4O2S/c1-3-9-20-17(25)12-26-19-22-21-18(23(19)4-2)15-10-13-7-5-6-8-14(13)11-16(15)24/h3,5-8,10-11,24H,1,4,9,12H2,2H3,(H,20,25). The van der Waals surface area contributed by atoms with E-state index in [0.717, 1.165) is 10.8 Å². The molecule has 6 nitrogen and oxygen atoms in total. The average molecular weight is 368 g/mol. The Morgan fingerprint density at radius 3 is 2.73 bits per heavy atom. The minimum atomic E-state index is -0.0874. The number of fused-ring (bicyclic) bond motifs is 1. The van der Waals surface area contributed by atoms with Gasteiger partial charge in [-0.1, -0.05) is 42.1 Å². The van der Waals surface area contributed by atoms with Crippen molar-refractivity contribution in [1.82, 2.24) is 20.1 Å². The predicted octanol–water partition coefficient (Wildman–Crippen LogP) is 3.22. The van der Waals surface area contributed by atoms with Gasteiger partial charge in [0.25, 0.3) is 0 Å². The van der Waals surface area contributed by atoms with Crippen molar-refractivity contribution in [3.05, 3.63) is 49.1 Å². The number of phenols is 1. The third-order valence-corrected chi connectivity index (χ3v) is 4.88. The fraction of sp³-hybridized carbons (Fsp3) is 0.211. The molecule has 1 heterocycles. The minimum absolute atomic E-state index is 0.0874. The van der Waals surface area contributed by atoms with Gasteiger partial charge in [-0.3, -0.25) is 4.79 Å². The van der Waals surface area contributed by atoms with Crippen LogP contribution in [0.5, 0.6) is 5.75 Å². The maximum atomic E-state index is 11.8. The number of carbonyl (C=O) groups excluding carboxylic acids is 1. The lowest BCUT2D eigenvalue weighted by Crippen LogP contribution is -2.25. The fourth-order valence-electron chi connectivity index (χ4n) is 2.65. The number of rotatable bonds is 7. The van der Waals surface area contributed by atoms with Crippen molar-refractivity contribution in [2.75, 3.05) is 12.3 Å². The second-order valence-electron chi connectivity index (χ2n) is 5.65. The van der Waals surface area contributed by atoms with Crippen LogP contribution in [0, 0.1) is 0 Å². The van der Waals surface area contributed by atoms with E-state index in [0.29, 0.717) is 29.6 Å². The second-order valence-corrected chi connectivity index (χ2v) is 6.59. The summed E-state index contributed by atoms with van der Waals surface area (Å²) in [5, 5.41) is 24.3. The number of carbonyl (C=O) groups is 1. The van der Waals surface area contributed by atoms with Gasteiger partial charge in [-0.15, -0.1) is 16.8 Å². The Kier molecular flexibility index (Phi) is 5.58. The molecule has 0 bridgehead atoms. The molecule has 3 aromatic rings. The molecular weight excluding hydrogens is 348 g/mol. The number of nitrogens with zero attached hydrogens (tertiary/aromatic N) is 3. The highest BCUT2D eigenvalue weighted by Crippen LogP contribution is 2.34. The average Bonchev–Trinajstić information content (AvgIpc) is 3.06. The molecule has 26 heavy (non-hydrogen) atoms. The zero-order valence-corrected chi connectivity index (χ0v) is 15.3. The second kappa shape index (κ2) is 8.05. The van der Waals surface area contributed by atoms with Crippen LogP contribution in [0.3, 0.4) is 0 Å². The van der Waals surface area contributed by atoms with Gasteiger partial charge < -0.3 is 15.0 Å². The quantitative estimate of drug-likeness (QED) is 0.494. The van der Waals surface area contributed by atoms with E-state index in [2.05, 4.69) is 22.1 Å².